The summed E-state index contributed by atoms with van der Waals surface area (Å²) >= 11 is 0. The second-order valence-electron chi connectivity index (χ2n) is 5.46. The molecule has 27 heavy (non-hydrogen) atoms. The highest BCUT2D eigenvalue weighted by Crippen LogP contribution is 2.09. The zero-order valence-corrected chi connectivity index (χ0v) is 14.9. The van der Waals surface area contributed by atoms with E-state index >= 15 is 0 Å². The van der Waals surface area contributed by atoms with Crippen LogP contribution >= 0.6 is 0 Å². The molecule has 2 rings (SSSR count). The Morgan fingerprint density at radius 1 is 0.778 bits per heavy atom. The highest BCUT2D eigenvalue weighted by molar-refractivity contribution is 7.89. The summed E-state index contributed by atoms with van der Waals surface area (Å²) in [6.45, 7) is -0.768. The first kappa shape index (κ1) is 20.5. The first-order valence-electron chi connectivity index (χ1n) is 7.79. The van der Waals surface area contributed by atoms with E-state index in [1.54, 1.807) is 0 Å². The average molecular weight is 397 g/mol. The van der Waals surface area contributed by atoms with Crippen molar-refractivity contribution in [1.29, 1.82) is 0 Å². The third-order valence-electron chi connectivity index (χ3n) is 3.40. The number of hydrogen-bond donors (Lipinski definition) is 3. The fraction of sp³-hybridized carbons (Fsp3) is 0.176. The number of carbonyl (C=O) groups excluding carboxylic acids is 2. The second-order valence-corrected chi connectivity index (χ2v) is 7.23. The molecule has 0 unspecified atom stereocenters. The molecule has 0 saturated carbocycles. The summed E-state index contributed by atoms with van der Waals surface area (Å²) in [5.74, 6) is -2.18. The zero-order valence-electron chi connectivity index (χ0n) is 14.0. The first-order chi connectivity index (χ1) is 12.8. The van der Waals surface area contributed by atoms with Crippen molar-refractivity contribution in [3.05, 3.63) is 65.7 Å². The summed E-state index contributed by atoms with van der Waals surface area (Å²) in [5, 5.41) is 4.79. The minimum absolute atomic E-state index is 0.159. The molecule has 2 amide bonds. The topological polar surface area (TPSA) is 104 Å². The minimum atomic E-state index is -3.97. The number of nitrogens with one attached hydrogen (secondary N) is 3. The van der Waals surface area contributed by atoms with Crippen LogP contribution in [0.1, 0.15) is 5.56 Å². The van der Waals surface area contributed by atoms with Crippen LogP contribution in [-0.4, -0.2) is 33.3 Å². The molecule has 7 nitrogen and oxygen atoms in total. The lowest BCUT2D eigenvalue weighted by Crippen LogP contribution is -2.41. The van der Waals surface area contributed by atoms with Crippen molar-refractivity contribution in [2.75, 3.05) is 13.1 Å². The predicted molar refractivity (Wildman–Crippen MR) is 92.8 cm³/mol. The van der Waals surface area contributed by atoms with Crippen LogP contribution in [0, 0.1) is 11.6 Å². The molecule has 0 aliphatic carbocycles. The predicted octanol–water partition coefficient (Wildman–Crippen LogP) is 0.676. The van der Waals surface area contributed by atoms with Gasteiger partial charge in [0.05, 0.1) is 18.0 Å². The maximum absolute atomic E-state index is 12.8. The van der Waals surface area contributed by atoms with Gasteiger partial charge in [0.25, 0.3) is 0 Å². The molecule has 0 bridgehead atoms. The monoisotopic (exact) mass is 397 g/mol. The number of sulfonamides is 1. The quantitative estimate of drug-likeness (QED) is 0.609. The molecule has 0 aliphatic rings. The van der Waals surface area contributed by atoms with Crippen molar-refractivity contribution in [2.24, 2.45) is 0 Å². The molecule has 0 saturated heterocycles. The van der Waals surface area contributed by atoms with Crippen molar-refractivity contribution in [3.63, 3.8) is 0 Å². The molecule has 144 valence electrons. The van der Waals surface area contributed by atoms with Gasteiger partial charge in [-0.1, -0.05) is 12.1 Å². The number of hydrogen-bond acceptors (Lipinski definition) is 4. The maximum Gasteiger partial charge on any atom is 0.241 e. The molecule has 0 fully saturated rings. The first-order valence-corrected chi connectivity index (χ1v) is 9.28. The van der Waals surface area contributed by atoms with Gasteiger partial charge in [-0.3, -0.25) is 9.59 Å². The van der Waals surface area contributed by atoms with E-state index in [0.29, 0.717) is 5.56 Å². The smallest absolute Gasteiger partial charge is 0.241 e. The summed E-state index contributed by atoms with van der Waals surface area (Å²) in [7, 11) is -3.97. The van der Waals surface area contributed by atoms with Crippen molar-refractivity contribution in [3.8, 4) is 0 Å². The van der Waals surface area contributed by atoms with Crippen molar-refractivity contribution in [1.82, 2.24) is 15.4 Å². The fourth-order valence-corrected chi connectivity index (χ4v) is 2.95. The lowest BCUT2D eigenvalue weighted by Gasteiger charge is -2.09. The van der Waals surface area contributed by atoms with Gasteiger partial charge < -0.3 is 10.6 Å². The molecule has 3 N–H and O–H groups in total. The molecular formula is C17H17F2N3O4S. The van der Waals surface area contributed by atoms with Gasteiger partial charge in [0, 0.05) is 6.54 Å². The van der Waals surface area contributed by atoms with E-state index in [1.165, 1.54) is 24.3 Å². The highest BCUT2D eigenvalue weighted by Gasteiger charge is 2.15. The average Bonchev–Trinajstić information content (AvgIpc) is 2.64. The molecular weight excluding hydrogens is 380 g/mol. The minimum Gasteiger partial charge on any atom is -0.350 e. The highest BCUT2D eigenvalue weighted by atomic mass is 32.2. The molecule has 2 aromatic rings. The van der Waals surface area contributed by atoms with Gasteiger partial charge in [-0.05, 0) is 42.0 Å². The van der Waals surface area contributed by atoms with E-state index in [1.807, 2.05) is 0 Å². The van der Waals surface area contributed by atoms with Crippen LogP contribution in [0.2, 0.25) is 0 Å². The van der Waals surface area contributed by atoms with E-state index in [2.05, 4.69) is 15.4 Å². The summed E-state index contributed by atoms with van der Waals surface area (Å²) in [6.07, 6.45) is 0. The fourth-order valence-electron chi connectivity index (χ4n) is 1.96. The molecule has 0 spiro atoms. The van der Waals surface area contributed by atoms with E-state index in [-0.39, 0.29) is 23.8 Å². The summed E-state index contributed by atoms with van der Waals surface area (Å²) < 4.78 is 51.5. The Balaban J connectivity index is 1.72. The summed E-state index contributed by atoms with van der Waals surface area (Å²) in [5.41, 5.74) is 0.683. The van der Waals surface area contributed by atoms with Crippen molar-refractivity contribution < 1.29 is 26.8 Å². The SMILES string of the molecule is O=C(CNC(=O)CNS(=O)(=O)c1ccc(F)cc1)NCc1ccc(F)cc1. The Morgan fingerprint density at radius 3 is 1.89 bits per heavy atom. The van der Waals surface area contributed by atoms with E-state index in [0.717, 1.165) is 24.3 Å². The van der Waals surface area contributed by atoms with Gasteiger partial charge >= 0.3 is 0 Å². The number of benzene rings is 2. The van der Waals surface area contributed by atoms with Gasteiger partial charge in [0.1, 0.15) is 11.6 Å². The van der Waals surface area contributed by atoms with Crippen LogP contribution in [0.25, 0.3) is 0 Å². The third kappa shape index (κ3) is 6.76. The number of halogens is 2. The van der Waals surface area contributed by atoms with Crippen LogP contribution in [0.4, 0.5) is 8.78 Å². The largest absolute Gasteiger partial charge is 0.350 e. The zero-order chi connectivity index (χ0) is 19.9. The summed E-state index contributed by atoms with van der Waals surface area (Å²) in [4.78, 5) is 23.2. The molecule has 0 aromatic heterocycles. The Bertz CT molecular complexity index is 901. The number of amides is 2. The summed E-state index contributed by atoms with van der Waals surface area (Å²) in [6, 6.07) is 9.65. The van der Waals surface area contributed by atoms with Gasteiger partial charge in [0.15, 0.2) is 0 Å². The van der Waals surface area contributed by atoms with Crippen LogP contribution < -0.4 is 15.4 Å². The lowest BCUT2D eigenvalue weighted by atomic mass is 10.2. The molecule has 0 radical (unpaired) electrons. The molecule has 2 aromatic carbocycles. The molecule has 0 atom stereocenters. The molecule has 10 heteroatoms. The van der Waals surface area contributed by atoms with Crippen LogP contribution in [0.15, 0.2) is 53.4 Å². The van der Waals surface area contributed by atoms with Gasteiger partial charge in [0.2, 0.25) is 21.8 Å². The van der Waals surface area contributed by atoms with Crippen LogP contribution in [0.5, 0.6) is 0 Å². The Labute approximate surface area is 154 Å². The van der Waals surface area contributed by atoms with Crippen LogP contribution in [-0.2, 0) is 26.2 Å². The van der Waals surface area contributed by atoms with E-state index < -0.39 is 34.2 Å². The molecule has 0 heterocycles. The Morgan fingerprint density at radius 2 is 1.30 bits per heavy atom. The van der Waals surface area contributed by atoms with Gasteiger partial charge in [-0.2, -0.15) is 0 Å². The Hall–Kier alpha value is -2.85. The molecule has 0 aliphatic heterocycles. The van der Waals surface area contributed by atoms with E-state index in [4.69, 9.17) is 0 Å². The number of rotatable bonds is 8. The number of carbonyl (C=O) groups is 2. The normalized spacial score (nSPS) is 11.0. The Kier molecular flexibility index (Phi) is 6.97. The van der Waals surface area contributed by atoms with Gasteiger partial charge in [-0.15, -0.1) is 0 Å². The van der Waals surface area contributed by atoms with Crippen molar-refractivity contribution in [2.45, 2.75) is 11.4 Å². The third-order valence-corrected chi connectivity index (χ3v) is 4.81. The maximum atomic E-state index is 12.8. The van der Waals surface area contributed by atoms with E-state index in [9.17, 15) is 26.8 Å². The lowest BCUT2D eigenvalue weighted by molar-refractivity contribution is -0.125. The standard InChI is InChI=1S/C17H17F2N3O4S/c18-13-3-1-12(2-4-13)9-20-16(23)10-21-17(24)11-22-27(25,26)15-7-5-14(19)6-8-15/h1-8,22H,9-11H2,(H,20,23)(H,21,24). The van der Waals surface area contributed by atoms with Crippen LogP contribution in [0.3, 0.4) is 0 Å². The second kappa shape index (κ2) is 9.19. The van der Waals surface area contributed by atoms with Gasteiger partial charge in [-0.25, -0.2) is 21.9 Å². The van der Waals surface area contributed by atoms with Crippen molar-refractivity contribution >= 4 is 21.8 Å².